The van der Waals surface area contributed by atoms with Crippen molar-refractivity contribution >= 4 is 11.6 Å². The van der Waals surface area contributed by atoms with Crippen molar-refractivity contribution in [3.63, 3.8) is 0 Å². The number of nitriles is 1. The molecule has 4 rings (SSSR count). The maximum Gasteiger partial charge on any atom is 0.236 e. The molecule has 3 aromatic rings. The van der Waals surface area contributed by atoms with Crippen molar-refractivity contribution in [1.29, 1.82) is 5.26 Å². The fourth-order valence-electron chi connectivity index (χ4n) is 3.56. The Morgan fingerprint density at radius 3 is 2.89 bits per heavy atom. The average molecular weight is 363 g/mol. The van der Waals surface area contributed by atoms with Crippen LogP contribution < -0.4 is 9.64 Å². The van der Waals surface area contributed by atoms with Crippen LogP contribution in [0.3, 0.4) is 0 Å². The number of hydrogen-bond acceptors (Lipinski definition) is 6. The maximum atomic E-state index is 9.76. The lowest BCUT2D eigenvalue weighted by molar-refractivity contribution is 0.281. The van der Waals surface area contributed by atoms with Gasteiger partial charge in [-0.25, -0.2) is 4.98 Å². The molecular formula is C20H21N5O2. The second-order valence-corrected chi connectivity index (χ2v) is 6.94. The summed E-state index contributed by atoms with van der Waals surface area (Å²) in [6.07, 6.45) is 4.99. The molecule has 0 bridgehead atoms. The molecule has 1 fully saturated rings. The van der Waals surface area contributed by atoms with Gasteiger partial charge in [-0.3, -0.25) is 4.40 Å². The molecule has 0 aliphatic carbocycles. The molecule has 0 amide bonds. The highest BCUT2D eigenvalue weighted by molar-refractivity contribution is 5.70. The van der Waals surface area contributed by atoms with Crippen LogP contribution in [0.1, 0.15) is 24.5 Å². The van der Waals surface area contributed by atoms with Gasteiger partial charge in [-0.15, -0.1) is 0 Å². The van der Waals surface area contributed by atoms with Crippen LogP contribution in [0, 0.1) is 17.2 Å². The fourth-order valence-corrected chi connectivity index (χ4v) is 3.56. The lowest BCUT2D eigenvalue weighted by Crippen LogP contribution is -2.20. The molecule has 1 aromatic carbocycles. The first kappa shape index (κ1) is 17.3. The minimum atomic E-state index is -0.171. The first-order chi connectivity index (χ1) is 13.1. The number of hydrogen-bond donors (Lipinski definition) is 1. The summed E-state index contributed by atoms with van der Waals surface area (Å²) >= 11 is 0. The quantitative estimate of drug-likeness (QED) is 0.767. The molecule has 1 N–H and O–H groups in total. The van der Waals surface area contributed by atoms with Crippen molar-refractivity contribution in [2.75, 3.05) is 25.1 Å². The Kier molecular flexibility index (Phi) is 4.42. The highest BCUT2D eigenvalue weighted by atomic mass is 16.5. The molecule has 0 radical (unpaired) electrons. The third-order valence-corrected chi connectivity index (χ3v) is 5.05. The average Bonchev–Trinajstić information content (AvgIpc) is 3.32. The highest BCUT2D eigenvalue weighted by Crippen LogP contribution is 2.31. The fraction of sp³-hybridized carbons (Fsp3) is 0.350. The van der Waals surface area contributed by atoms with Crippen LogP contribution in [0.5, 0.6) is 5.75 Å². The third-order valence-electron chi connectivity index (χ3n) is 5.05. The van der Waals surface area contributed by atoms with Crippen molar-refractivity contribution in [2.24, 2.45) is 5.92 Å². The van der Waals surface area contributed by atoms with Crippen molar-refractivity contribution < 1.29 is 9.84 Å². The molecule has 1 unspecified atom stereocenters. The van der Waals surface area contributed by atoms with Crippen LogP contribution >= 0.6 is 0 Å². The molecule has 1 saturated heterocycles. The van der Waals surface area contributed by atoms with Gasteiger partial charge in [0.2, 0.25) is 5.78 Å². The van der Waals surface area contributed by atoms with Crippen molar-refractivity contribution in [3.8, 4) is 23.1 Å². The molecule has 0 saturated carbocycles. The van der Waals surface area contributed by atoms with E-state index < -0.39 is 0 Å². The number of ether oxygens (including phenoxy) is 1. The molecule has 27 heavy (non-hydrogen) atoms. The molecule has 3 heterocycles. The molecule has 138 valence electrons. The van der Waals surface area contributed by atoms with Gasteiger partial charge in [0.05, 0.1) is 25.0 Å². The molecular weight excluding hydrogens is 342 g/mol. The third kappa shape index (κ3) is 3.09. The summed E-state index contributed by atoms with van der Waals surface area (Å²) in [7, 11) is 1.51. The first-order valence-electron chi connectivity index (χ1n) is 8.96. The van der Waals surface area contributed by atoms with Crippen LogP contribution in [0.2, 0.25) is 0 Å². The number of aromatic nitrogens is 3. The summed E-state index contributed by atoms with van der Waals surface area (Å²) in [5.41, 5.74) is 2.43. The number of imidazole rings is 1. The minimum absolute atomic E-state index is 0.171. The SMILES string of the molecule is COc1cc(CO)c(-c2cn3ccc(N4CCC(C)C4)nc3n2)cc1C#N. The van der Waals surface area contributed by atoms with Crippen LogP contribution in [0.15, 0.2) is 30.6 Å². The monoisotopic (exact) mass is 363 g/mol. The van der Waals surface area contributed by atoms with Crippen LogP contribution in [0.25, 0.3) is 17.0 Å². The Morgan fingerprint density at radius 2 is 2.22 bits per heavy atom. The number of benzene rings is 1. The number of aliphatic hydroxyl groups excluding tert-OH is 1. The van der Waals surface area contributed by atoms with Crippen molar-refractivity contribution in [3.05, 3.63) is 41.7 Å². The van der Waals surface area contributed by atoms with Crippen molar-refractivity contribution in [1.82, 2.24) is 14.4 Å². The van der Waals surface area contributed by atoms with Gasteiger partial charge in [0.1, 0.15) is 17.6 Å². The van der Waals surface area contributed by atoms with E-state index in [1.807, 2.05) is 22.9 Å². The van der Waals surface area contributed by atoms with Crippen LogP contribution in [-0.2, 0) is 6.61 Å². The topological polar surface area (TPSA) is 86.7 Å². The second kappa shape index (κ2) is 6.89. The normalized spacial score (nSPS) is 16.7. The number of fused-ring (bicyclic) bond motifs is 1. The lowest BCUT2D eigenvalue weighted by atomic mass is 10.0. The molecule has 1 atom stereocenters. The smallest absolute Gasteiger partial charge is 0.236 e. The summed E-state index contributed by atoms with van der Waals surface area (Å²) in [6.45, 7) is 4.10. The molecule has 7 heteroatoms. The van der Waals surface area contributed by atoms with E-state index in [-0.39, 0.29) is 6.61 Å². The van der Waals surface area contributed by atoms with E-state index in [9.17, 15) is 10.4 Å². The van der Waals surface area contributed by atoms with Gasteiger partial charge >= 0.3 is 0 Å². The van der Waals surface area contributed by atoms with Crippen molar-refractivity contribution in [2.45, 2.75) is 20.0 Å². The zero-order valence-electron chi connectivity index (χ0n) is 15.4. The summed E-state index contributed by atoms with van der Waals surface area (Å²) in [5, 5.41) is 19.1. The molecule has 7 nitrogen and oxygen atoms in total. The van der Waals surface area contributed by atoms with E-state index in [4.69, 9.17) is 9.72 Å². The molecule has 0 spiro atoms. The molecule has 2 aromatic heterocycles. The second-order valence-electron chi connectivity index (χ2n) is 6.94. The first-order valence-corrected chi connectivity index (χ1v) is 8.96. The maximum absolute atomic E-state index is 9.76. The molecule has 1 aliphatic rings. The van der Waals surface area contributed by atoms with Gasteiger partial charge in [0, 0.05) is 31.0 Å². The number of rotatable bonds is 4. The van der Waals surface area contributed by atoms with Gasteiger partial charge in [-0.2, -0.15) is 10.2 Å². The Bertz CT molecular complexity index is 1040. The van der Waals surface area contributed by atoms with E-state index in [0.29, 0.717) is 39.8 Å². The van der Waals surface area contributed by atoms with Gasteiger partial charge in [0.25, 0.3) is 0 Å². The van der Waals surface area contributed by atoms with Gasteiger partial charge in [0.15, 0.2) is 0 Å². The number of anilines is 1. The lowest BCUT2D eigenvalue weighted by Gasteiger charge is -2.16. The summed E-state index contributed by atoms with van der Waals surface area (Å²) in [6, 6.07) is 7.51. The largest absolute Gasteiger partial charge is 0.495 e. The Labute approximate surface area is 157 Å². The van der Waals surface area contributed by atoms with E-state index in [0.717, 1.165) is 18.9 Å². The van der Waals surface area contributed by atoms with Gasteiger partial charge in [-0.1, -0.05) is 6.92 Å². The standard InChI is InChI=1S/C20H21N5O2/c1-13-3-5-24(10-13)19-4-6-25-11-17(22-20(25)23-19)16-7-14(9-21)18(27-2)8-15(16)12-26/h4,6-8,11,13,26H,3,5,10,12H2,1-2H3. The Hall–Kier alpha value is -3.11. The number of nitrogens with zero attached hydrogens (tertiary/aromatic N) is 5. The molecule has 1 aliphatic heterocycles. The highest BCUT2D eigenvalue weighted by Gasteiger charge is 2.21. The predicted molar refractivity (Wildman–Crippen MR) is 102 cm³/mol. The Balaban J connectivity index is 1.77. The van der Waals surface area contributed by atoms with E-state index in [1.54, 1.807) is 12.1 Å². The van der Waals surface area contributed by atoms with E-state index in [1.165, 1.54) is 13.5 Å². The van der Waals surface area contributed by atoms with Crippen LogP contribution in [-0.4, -0.2) is 39.7 Å². The van der Waals surface area contributed by atoms with E-state index >= 15 is 0 Å². The summed E-state index contributed by atoms with van der Waals surface area (Å²) < 4.78 is 7.09. The number of aliphatic hydroxyl groups is 1. The van der Waals surface area contributed by atoms with Crippen LogP contribution in [0.4, 0.5) is 5.82 Å². The number of methoxy groups -OCH3 is 1. The predicted octanol–water partition coefficient (Wildman–Crippen LogP) is 2.62. The minimum Gasteiger partial charge on any atom is -0.495 e. The van der Waals surface area contributed by atoms with Gasteiger partial charge in [-0.05, 0) is 36.1 Å². The van der Waals surface area contributed by atoms with Gasteiger partial charge < -0.3 is 14.7 Å². The Morgan fingerprint density at radius 1 is 1.37 bits per heavy atom. The summed E-state index contributed by atoms with van der Waals surface area (Å²) in [5.74, 6) is 2.64. The zero-order chi connectivity index (χ0) is 19.0. The summed E-state index contributed by atoms with van der Waals surface area (Å²) in [4.78, 5) is 11.6. The van der Waals surface area contributed by atoms with E-state index in [2.05, 4.69) is 22.9 Å². The zero-order valence-corrected chi connectivity index (χ0v) is 15.4.